The van der Waals surface area contributed by atoms with Gasteiger partial charge < -0.3 is 10.4 Å². The lowest BCUT2D eigenvalue weighted by Gasteiger charge is -2.11. The molecule has 92 valence electrons. The van der Waals surface area contributed by atoms with Gasteiger partial charge >= 0.3 is 5.97 Å². The minimum Gasteiger partial charge on any atom is -0.478 e. The second-order valence-electron chi connectivity index (χ2n) is 3.43. The van der Waals surface area contributed by atoms with Gasteiger partial charge in [-0.15, -0.1) is 0 Å². The van der Waals surface area contributed by atoms with Crippen LogP contribution < -0.4 is 5.32 Å². The third-order valence-electron chi connectivity index (χ3n) is 2.24. The maximum Gasteiger partial charge on any atom is 0.339 e. The van der Waals surface area contributed by atoms with Gasteiger partial charge in [-0.25, -0.2) is 9.78 Å². The average molecular weight is 372 g/mol. The number of nitrogens with zero attached hydrogens (tertiary/aromatic N) is 1. The first-order valence-corrected chi connectivity index (χ1v) is 6.57. The van der Waals surface area contributed by atoms with E-state index in [4.69, 9.17) is 5.11 Å². The van der Waals surface area contributed by atoms with Gasteiger partial charge in [0.25, 0.3) is 0 Å². The number of rotatable bonds is 3. The van der Waals surface area contributed by atoms with E-state index in [1.807, 2.05) is 18.2 Å². The van der Waals surface area contributed by atoms with Crippen LogP contribution in [0.1, 0.15) is 10.4 Å². The number of carboxylic acid groups (broad SMARTS) is 1. The van der Waals surface area contributed by atoms with Gasteiger partial charge in [-0.3, -0.25) is 0 Å². The van der Waals surface area contributed by atoms with Gasteiger partial charge in [0.1, 0.15) is 11.4 Å². The minimum absolute atomic E-state index is 0.125. The Morgan fingerprint density at radius 2 is 1.83 bits per heavy atom. The molecule has 0 atom stereocenters. The van der Waals surface area contributed by atoms with E-state index >= 15 is 0 Å². The second-order valence-corrected chi connectivity index (χ2v) is 5.14. The molecular formula is C12H8Br2N2O2. The summed E-state index contributed by atoms with van der Waals surface area (Å²) in [6, 6.07) is 8.68. The number of carboxylic acids is 1. The number of aromatic carboxylic acids is 1. The summed E-state index contributed by atoms with van der Waals surface area (Å²) in [5.74, 6) is -0.716. The molecule has 6 heteroatoms. The van der Waals surface area contributed by atoms with E-state index in [0.29, 0.717) is 5.82 Å². The van der Waals surface area contributed by atoms with Crippen LogP contribution in [0.25, 0.3) is 0 Å². The molecule has 0 saturated carbocycles. The first kappa shape index (κ1) is 13.0. The maximum atomic E-state index is 11.1. The van der Waals surface area contributed by atoms with Crippen molar-refractivity contribution in [2.45, 2.75) is 0 Å². The smallest absolute Gasteiger partial charge is 0.339 e. The van der Waals surface area contributed by atoms with Gasteiger partial charge in [0, 0.05) is 15.1 Å². The highest BCUT2D eigenvalue weighted by molar-refractivity contribution is 9.11. The molecule has 2 rings (SSSR count). The zero-order valence-corrected chi connectivity index (χ0v) is 12.2. The maximum absolute atomic E-state index is 11.1. The molecule has 1 aromatic carbocycles. The molecule has 0 aliphatic carbocycles. The molecular weight excluding hydrogens is 364 g/mol. The molecule has 0 bridgehead atoms. The van der Waals surface area contributed by atoms with E-state index in [-0.39, 0.29) is 5.56 Å². The van der Waals surface area contributed by atoms with Crippen LogP contribution in [-0.2, 0) is 0 Å². The Morgan fingerprint density at radius 1 is 1.17 bits per heavy atom. The highest BCUT2D eigenvalue weighted by atomic mass is 79.9. The van der Waals surface area contributed by atoms with E-state index in [2.05, 4.69) is 42.2 Å². The fourth-order valence-electron chi connectivity index (χ4n) is 1.41. The molecule has 18 heavy (non-hydrogen) atoms. The van der Waals surface area contributed by atoms with Crippen molar-refractivity contribution in [2.24, 2.45) is 0 Å². The second kappa shape index (κ2) is 5.49. The van der Waals surface area contributed by atoms with E-state index in [1.165, 1.54) is 6.07 Å². The number of carbonyl (C=O) groups is 1. The SMILES string of the molecule is O=C(O)c1cccnc1Nc1c(Br)cccc1Br. The number of hydrogen-bond donors (Lipinski definition) is 2. The van der Waals surface area contributed by atoms with Crippen LogP contribution in [0.5, 0.6) is 0 Å². The fraction of sp³-hybridized carbons (Fsp3) is 0. The van der Waals surface area contributed by atoms with Crippen LogP contribution in [0.3, 0.4) is 0 Å². The molecule has 0 aliphatic rings. The monoisotopic (exact) mass is 370 g/mol. The number of pyridine rings is 1. The average Bonchev–Trinajstić information content (AvgIpc) is 2.34. The molecule has 0 saturated heterocycles. The van der Waals surface area contributed by atoms with Crippen LogP contribution in [0, 0.1) is 0 Å². The first-order valence-electron chi connectivity index (χ1n) is 4.99. The molecule has 2 aromatic rings. The van der Waals surface area contributed by atoms with Crippen molar-refractivity contribution in [3.63, 3.8) is 0 Å². The predicted molar refractivity (Wildman–Crippen MR) is 76.3 cm³/mol. The standard InChI is InChI=1S/C12H8Br2N2O2/c13-8-4-1-5-9(14)10(8)16-11-7(12(17)18)3-2-6-15-11/h1-6H,(H,15,16)(H,17,18). The van der Waals surface area contributed by atoms with Gasteiger partial charge in [-0.1, -0.05) is 6.07 Å². The van der Waals surface area contributed by atoms with Crippen LogP contribution in [0.2, 0.25) is 0 Å². The summed E-state index contributed by atoms with van der Waals surface area (Å²) in [5.41, 5.74) is 0.860. The first-order chi connectivity index (χ1) is 8.59. The summed E-state index contributed by atoms with van der Waals surface area (Å²) in [5, 5.41) is 12.1. The summed E-state index contributed by atoms with van der Waals surface area (Å²) < 4.78 is 1.64. The van der Waals surface area contributed by atoms with E-state index in [1.54, 1.807) is 12.3 Å². The largest absolute Gasteiger partial charge is 0.478 e. The summed E-state index contributed by atoms with van der Waals surface area (Å²) >= 11 is 6.80. The van der Waals surface area contributed by atoms with Crippen LogP contribution >= 0.6 is 31.9 Å². The minimum atomic E-state index is -1.02. The lowest BCUT2D eigenvalue weighted by molar-refractivity contribution is 0.0697. The Hall–Kier alpha value is -1.40. The number of halogens is 2. The summed E-state index contributed by atoms with van der Waals surface area (Å²) in [4.78, 5) is 15.1. The highest BCUT2D eigenvalue weighted by Gasteiger charge is 2.13. The van der Waals surface area contributed by atoms with Crippen molar-refractivity contribution in [1.29, 1.82) is 0 Å². The Morgan fingerprint density at radius 3 is 2.44 bits per heavy atom. The van der Waals surface area contributed by atoms with Crippen LogP contribution in [0.4, 0.5) is 11.5 Å². The summed E-state index contributed by atoms with van der Waals surface area (Å²) in [6.07, 6.45) is 1.54. The Balaban J connectivity index is 2.43. The van der Waals surface area contributed by atoms with Gasteiger partial charge in [0.2, 0.25) is 0 Å². The Kier molecular flexibility index (Phi) is 3.98. The molecule has 0 radical (unpaired) electrons. The molecule has 1 heterocycles. The van der Waals surface area contributed by atoms with Gasteiger partial charge in [-0.05, 0) is 56.1 Å². The van der Waals surface area contributed by atoms with Crippen molar-refractivity contribution < 1.29 is 9.90 Å². The lowest BCUT2D eigenvalue weighted by atomic mass is 10.2. The van der Waals surface area contributed by atoms with Crippen molar-refractivity contribution in [3.8, 4) is 0 Å². The zero-order valence-electron chi connectivity index (χ0n) is 9.02. The van der Waals surface area contributed by atoms with E-state index < -0.39 is 5.97 Å². The molecule has 4 nitrogen and oxygen atoms in total. The summed E-state index contributed by atoms with van der Waals surface area (Å²) in [6.45, 7) is 0. The van der Waals surface area contributed by atoms with E-state index in [9.17, 15) is 4.79 Å². The third-order valence-corrected chi connectivity index (χ3v) is 3.57. The zero-order chi connectivity index (χ0) is 13.1. The topological polar surface area (TPSA) is 62.2 Å². The number of anilines is 2. The van der Waals surface area contributed by atoms with Crippen molar-refractivity contribution in [3.05, 3.63) is 51.0 Å². The summed E-state index contributed by atoms with van der Waals surface area (Å²) in [7, 11) is 0. The predicted octanol–water partition coefficient (Wildman–Crippen LogP) is 4.05. The third kappa shape index (κ3) is 2.70. The number of aromatic nitrogens is 1. The van der Waals surface area contributed by atoms with E-state index in [0.717, 1.165) is 14.6 Å². The van der Waals surface area contributed by atoms with Crippen LogP contribution in [0.15, 0.2) is 45.5 Å². The molecule has 1 aromatic heterocycles. The fourth-order valence-corrected chi connectivity index (χ4v) is 2.61. The number of hydrogen-bond acceptors (Lipinski definition) is 3. The molecule has 0 fully saturated rings. The molecule has 0 aliphatic heterocycles. The molecule has 0 unspecified atom stereocenters. The van der Waals surface area contributed by atoms with Crippen LogP contribution in [-0.4, -0.2) is 16.1 Å². The quantitative estimate of drug-likeness (QED) is 0.854. The Labute approximate surface area is 120 Å². The van der Waals surface area contributed by atoms with Crippen molar-refractivity contribution in [2.75, 3.05) is 5.32 Å². The number of para-hydroxylation sites is 1. The Bertz CT molecular complexity index is 582. The molecule has 0 spiro atoms. The molecule has 0 amide bonds. The van der Waals surface area contributed by atoms with Gasteiger partial charge in [0.15, 0.2) is 0 Å². The lowest BCUT2D eigenvalue weighted by Crippen LogP contribution is -2.05. The molecule has 2 N–H and O–H groups in total. The number of benzene rings is 1. The normalized spacial score (nSPS) is 10.1. The number of nitrogens with one attached hydrogen (secondary N) is 1. The van der Waals surface area contributed by atoms with Crippen molar-refractivity contribution in [1.82, 2.24) is 4.98 Å². The van der Waals surface area contributed by atoms with Gasteiger partial charge in [-0.2, -0.15) is 0 Å². The van der Waals surface area contributed by atoms with Gasteiger partial charge in [0.05, 0.1) is 5.69 Å². The highest BCUT2D eigenvalue weighted by Crippen LogP contribution is 2.33. The van der Waals surface area contributed by atoms with Crippen molar-refractivity contribution >= 4 is 49.3 Å².